The summed E-state index contributed by atoms with van der Waals surface area (Å²) in [7, 11) is -4.35. The zero-order chi connectivity index (χ0) is 28.6. The van der Waals surface area contributed by atoms with Crippen LogP contribution in [-0.2, 0) is 26.2 Å². The number of likely N-dealkylation sites (N-methyl/N-ethyl adjacent to an activating group) is 1. The van der Waals surface area contributed by atoms with Crippen LogP contribution in [0.2, 0.25) is 0 Å². The van der Waals surface area contributed by atoms with Crippen molar-refractivity contribution in [2.45, 2.75) is 37.8 Å². The number of non-ortho nitro benzene ring substituents is 1. The highest BCUT2D eigenvalue weighted by atomic mass is 32.2. The number of sulfonamides is 1. The lowest BCUT2D eigenvalue weighted by Gasteiger charge is -2.33. The van der Waals surface area contributed by atoms with Gasteiger partial charge in [-0.25, -0.2) is 12.8 Å². The summed E-state index contributed by atoms with van der Waals surface area (Å²) in [6.45, 7) is 2.92. The molecule has 206 valence electrons. The molecule has 1 unspecified atom stereocenters. The molecule has 3 aromatic carbocycles. The number of benzene rings is 3. The summed E-state index contributed by atoms with van der Waals surface area (Å²) >= 11 is 0. The van der Waals surface area contributed by atoms with Crippen molar-refractivity contribution in [2.75, 3.05) is 17.4 Å². The van der Waals surface area contributed by atoms with E-state index in [0.29, 0.717) is 12.1 Å². The van der Waals surface area contributed by atoms with Crippen LogP contribution >= 0.6 is 0 Å². The molecule has 0 radical (unpaired) electrons. The van der Waals surface area contributed by atoms with Gasteiger partial charge in [0.1, 0.15) is 18.4 Å². The minimum atomic E-state index is -4.35. The second-order valence-electron chi connectivity index (χ2n) is 8.57. The van der Waals surface area contributed by atoms with Crippen molar-refractivity contribution in [3.8, 4) is 0 Å². The molecule has 12 heteroatoms. The second kappa shape index (κ2) is 13.0. The molecule has 2 amide bonds. The van der Waals surface area contributed by atoms with Gasteiger partial charge in [0.05, 0.1) is 15.5 Å². The van der Waals surface area contributed by atoms with E-state index in [-0.39, 0.29) is 29.2 Å². The van der Waals surface area contributed by atoms with Crippen molar-refractivity contribution in [3.63, 3.8) is 0 Å². The Morgan fingerprint density at radius 1 is 1.00 bits per heavy atom. The van der Waals surface area contributed by atoms with Gasteiger partial charge in [-0.15, -0.1) is 0 Å². The first-order chi connectivity index (χ1) is 18.6. The Hall–Kier alpha value is -4.32. The molecule has 0 spiro atoms. The normalized spacial score (nSPS) is 11.9. The van der Waals surface area contributed by atoms with Crippen molar-refractivity contribution < 1.29 is 27.3 Å². The van der Waals surface area contributed by atoms with Crippen LogP contribution in [0.4, 0.5) is 15.8 Å². The zero-order valence-corrected chi connectivity index (χ0v) is 22.3. The molecule has 0 heterocycles. The number of nitro groups is 1. The first-order valence-electron chi connectivity index (χ1n) is 12.2. The van der Waals surface area contributed by atoms with Gasteiger partial charge in [0.15, 0.2) is 0 Å². The molecule has 0 aromatic heterocycles. The third-order valence-corrected chi connectivity index (χ3v) is 7.73. The van der Waals surface area contributed by atoms with Crippen LogP contribution in [0.5, 0.6) is 0 Å². The van der Waals surface area contributed by atoms with Gasteiger partial charge in [-0.3, -0.25) is 24.0 Å². The van der Waals surface area contributed by atoms with Crippen molar-refractivity contribution in [1.82, 2.24) is 10.2 Å². The van der Waals surface area contributed by atoms with Crippen molar-refractivity contribution in [2.24, 2.45) is 0 Å². The molecule has 3 rings (SSSR count). The molecule has 0 aliphatic rings. The topological polar surface area (TPSA) is 130 Å². The van der Waals surface area contributed by atoms with Gasteiger partial charge >= 0.3 is 0 Å². The molecular formula is C27H29FN4O6S. The molecule has 39 heavy (non-hydrogen) atoms. The number of carbonyl (C=O) groups excluding carboxylic acids is 2. The number of nitrogens with one attached hydrogen (secondary N) is 1. The molecule has 0 saturated carbocycles. The SMILES string of the molecule is CCNC(=O)C(CC)N(Cc1ccc(F)cc1)C(=O)CN(c1cccc([N+](=O)[O-])c1)S(=O)(=O)c1ccccc1. The maximum atomic E-state index is 13.8. The average Bonchev–Trinajstić information content (AvgIpc) is 2.93. The quantitative estimate of drug-likeness (QED) is 0.266. The van der Waals surface area contributed by atoms with Gasteiger partial charge in [-0.05, 0) is 49.2 Å². The number of anilines is 1. The lowest BCUT2D eigenvalue weighted by Crippen LogP contribution is -2.52. The van der Waals surface area contributed by atoms with Crippen molar-refractivity contribution >= 4 is 33.2 Å². The van der Waals surface area contributed by atoms with Gasteiger partial charge in [-0.1, -0.05) is 43.3 Å². The summed E-state index contributed by atoms with van der Waals surface area (Å²) in [6.07, 6.45) is 0.223. The Morgan fingerprint density at radius 2 is 1.67 bits per heavy atom. The molecular weight excluding hydrogens is 527 g/mol. The second-order valence-corrected chi connectivity index (χ2v) is 10.4. The van der Waals surface area contributed by atoms with E-state index in [0.717, 1.165) is 10.4 Å². The molecule has 1 atom stereocenters. The highest BCUT2D eigenvalue weighted by Crippen LogP contribution is 2.27. The van der Waals surface area contributed by atoms with Crippen molar-refractivity contribution in [3.05, 3.63) is 100 Å². The maximum Gasteiger partial charge on any atom is 0.271 e. The summed E-state index contributed by atoms with van der Waals surface area (Å²) in [5.41, 5.74) is 0.0830. The summed E-state index contributed by atoms with van der Waals surface area (Å²) in [5, 5.41) is 14.1. The number of amides is 2. The molecule has 0 aliphatic carbocycles. The third kappa shape index (κ3) is 7.17. The molecule has 3 aromatic rings. The van der Waals surface area contributed by atoms with Crippen LogP contribution in [0, 0.1) is 15.9 Å². The van der Waals surface area contributed by atoms with Crippen LogP contribution in [0.1, 0.15) is 25.8 Å². The summed E-state index contributed by atoms with van der Waals surface area (Å²) < 4.78 is 41.7. The van der Waals surface area contributed by atoms with Gasteiger partial charge in [0.25, 0.3) is 15.7 Å². The lowest BCUT2D eigenvalue weighted by atomic mass is 10.1. The van der Waals surface area contributed by atoms with E-state index in [1.807, 2.05) is 0 Å². The minimum Gasteiger partial charge on any atom is -0.355 e. The van der Waals surface area contributed by atoms with E-state index < -0.39 is 45.2 Å². The van der Waals surface area contributed by atoms with E-state index in [9.17, 15) is 32.5 Å². The summed E-state index contributed by atoms with van der Waals surface area (Å²) in [5.74, 6) is -1.62. The fourth-order valence-corrected chi connectivity index (χ4v) is 5.44. The van der Waals surface area contributed by atoms with Gasteiger partial charge in [0.2, 0.25) is 11.8 Å². The molecule has 1 N–H and O–H groups in total. The van der Waals surface area contributed by atoms with Crippen LogP contribution in [0.15, 0.2) is 83.8 Å². The Kier molecular flexibility index (Phi) is 9.72. The smallest absolute Gasteiger partial charge is 0.271 e. The van der Waals surface area contributed by atoms with Gasteiger partial charge in [0, 0.05) is 25.2 Å². The number of nitro benzene ring substituents is 1. The highest BCUT2D eigenvalue weighted by molar-refractivity contribution is 7.92. The zero-order valence-electron chi connectivity index (χ0n) is 21.5. The Labute approximate surface area is 226 Å². The van der Waals surface area contributed by atoms with E-state index in [1.54, 1.807) is 19.9 Å². The van der Waals surface area contributed by atoms with Crippen LogP contribution in [0.25, 0.3) is 0 Å². The number of carbonyl (C=O) groups is 2. The third-order valence-electron chi connectivity index (χ3n) is 5.94. The Balaban J connectivity index is 2.08. The van der Waals surface area contributed by atoms with Crippen LogP contribution < -0.4 is 9.62 Å². The van der Waals surface area contributed by atoms with Gasteiger partial charge in [-0.2, -0.15) is 0 Å². The fraction of sp³-hybridized carbons (Fsp3) is 0.259. The van der Waals surface area contributed by atoms with E-state index in [4.69, 9.17) is 0 Å². The molecule has 0 bridgehead atoms. The number of hydrogen-bond donors (Lipinski definition) is 1. The first kappa shape index (κ1) is 29.2. The highest BCUT2D eigenvalue weighted by Gasteiger charge is 2.34. The number of halogens is 1. The lowest BCUT2D eigenvalue weighted by molar-refractivity contribution is -0.384. The Bertz CT molecular complexity index is 1420. The monoisotopic (exact) mass is 556 g/mol. The minimum absolute atomic E-state index is 0.0887. The number of rotatable bonds is 12. The molecule has 0 aliphatic heterocycles. The maximum absolute atomic E-state index is 13.8. The van der Waals surface area contributed by atoms with Crippen LogP contribution in [-0.4, -0.2) is 49.2 Å². The number of nitrogens with zero attached hydrogens (tertiary/aromatic N) is 3. The number of hydrogen-bond acceptors (Lipinski definition) is 6. The van der Waals surface area contributed by atoms with Crippen LogP contribution in [0.3, 0.4) is 0 Å². The van der Waals surface area contributed by atoms with E-state index in [1.165, 1.54) is 71.6 Å². The summed E-state index contributed by atoms with van der Waals surface area (Å²) in [4.78, 5) is 38.6. The van der Waals surface area contributed by atoms with Gasteiger partial charge < -0.3 is 10.2 Å². The first-order valence-corrected chi connectivity index (χ1v) is 13.7. The molecule has 0 fully saturated rings. The molecule has 0 saturated heterocycles. The predicted molar refractivity (Wildman–Crippen MR) is 144 cm³/mol. The molecule has 10 nitrogen and oxygen atoms in total. The largest absolute Gasteiger partial charge is 0.355 e. The fourth-order valence-electron chi connectivity index (χ4n) is 4.01. The van der Waals surface area contributed by atoms with Crippen molar-refractivity contribution in [1.29, 1.82) is 0 Å². The predicted octanol–water partition coefficient (Wildman–Crippen LogP) is 3.87. The van der Waals surface area contributed by atoms with E-state index in [2.05, 4.69) is 5.32 Å². The van der Waals surface area contributed by atoms with E-state index >= 15 is 0 Å². The average molecular weight is 557 g/mol. The summed E-state index contributed by atoms with van der Waals surface area (Å²) in [6, 6.07) is 16.8. The Morgan fingerprint density at radius 3 is 2.26 bits per heavy atom. The standard InChI is InChI=1S/C27H29FN4O6S/c1-3-25(27(34)29-4-2)30(18-20-13-15-21(28)16-14-20)26(33)19-31(22-9-8-10-23(17-22)32(35)36)39(37,38)24-11-6-5-7-12-24/h5-17,25H,3-4,18-19H2,1-2H3,(H,29,34).